The Hall–Kier alpha value is -5.87. The Labute approximate surface area is 314 Å². The lowest BCUT2D eigenvalue weighted by Gasteiger charge is -2.27. The van der Waals surface area contributed by atoms with Gasteiger partial charge in [0.05, 0.1) is 50.9 Å². The summed E-state index contributed by atoms with van der Waals surface area (Å²) in [7, 11) is 2.94. The van der Waals surface area contributed by atoms with E-state index in [-0.39, 0.29) is 71.0 Å². The topological polar surface area (TPSA) is 176 Å². The first-order valence-corrected chi connectivity index (χ1v) is 16.3. The molecule has 0 saturated heterocycles. The summed E-state index contributed by atoms with van der Waals surface area (Å²) in [5, 5.41) is 20.3. The zero-order valence-electron chi connectivity index (χ0n) is 32.6. The number of nitrogens with zero attached hydrogens (tertiary/aromatic N) is 6. The van der Waals surface area contributed by atoms with Crippen LogP contribution < -0.4 is 25.0 Å². The van der Waals surface area contributed by atoms with Crippen molar-refractivity contribution in [1.82, 2.24) is 30.7 Å². The Bertz CT molecular complexity index is 2200. The van der Waals surface area contributed by atoms with Crippen LogP contribution in [0.5, 0.6) is 11.5 Å². The third kappa shape index (κ3) is 9.72. The summed E-state index contributed by atoms with van der Waals surface area (Å²) in [6.45, 7) is 3.60. The van der Waals surface area contributed by atoms with Crippen molar-refractivity contribution in [2.24, 2.45) is 0 Å². The SMILES string of the molecule is [2H]C([2H])([2H])NC(=O)c1nnc(Cl)cc1Nc1cc(COCc2nc(N(Cc3ccc(OC)cc3)C(=O)OC(C)(C)C)ccc2F)cc(-c2nnc(C)o2)c1OC. The van der Waals surface area contributed by atoms with Gasteiger partial charge in [-0.25, -0.2) is 14.2 Å². The van der Waals surface area contributed by atoms with Crippen LogP contribution in [0.15, 0.2) is 59.0 Å². The van der Waals surface area contributed by atoms with Crippen LogP contribution in [0.3, 0.4) is 0 Å². The van der Waals surface area contributed by atoms with E-state index in [0.717, 1.165) is 5.56 Å². The van der Waals surface area contributed by atoms with E-state index >= 15 is 4.39 Å². The zero-order chi connectivity index (χ0) is 40.8. The van der Waals surface area contributed by atoms with Crippen LogP contribution in [0, 0.1) is 12.7 Å². The second-order valence-corrected chi connectivity index (χ2v) is 12.8. The van der Waals surface area contributed by atoms with E-state index < -0.39 is 30.4 Å². The molecule has 0 fully saturated rings. The van der Waals surface area contributed by atoms with E-state index in [4.69, 9.17) is 39.1 Å². The Balaban J connectivity index is 1.45. The van der Waals surface area contributed by atoms with E-state index in [2.05, 4.69) is 30.7 Å². The van der Waals surface area contributed by atoms with Gasteiger partial charge in [-0.05, 0) is 68.3 Å². The third-order valence-corrected chi connectivity index (χ3v) is 7.46. The number of pyridine rings is 1. The second-order valence-electron chi connectivity index (χ2n) is 12.4. The van der Waals surface area contributed by atoms with Crippen LogP contribution in [0.1, 0.15) is 58.1 Å². The van der Waals surface area contributed by atoms with Gasteiger partial charge < -0.3 is 34.0 Å². The minimum atomic E-state index is -2.81. The maximum Gasteiger partial charge on any atom is 0.416 e. The molecule has 278 valence electrons. The van der Waals surface area contributed by atoms with Gasteiger partial charge in [0.1, 0.15) is 28.7 Å². The molecular weight excluding hydrogens is 711 g/mol. The number of carbonyl (C=O) groups excluding carboxylic acids is 2. The number of aromatic nitrogens is 5. The highest BCUT2D eigenvalue weighted by Gasteiger charge is 2.26. The number of carbonyl (C=O) groups is 2. The van der Waals surface area contributed by atoms with Crippen LogP contribution >= 0.6 is 11.6 Å². The van der Waals surface area contributed by atoms with Crippen molar-refractivity contribution in [3.63, 3.8) is 0 Å². The number of ether oxygens (including phenoxy) is 4. The minimum Gasteiger partial charge on any atom is -0.497 e. The molecule has 0 aliphatic rings. The summed E-state index contributed by atoms with van der Waals surface area (Å²) in [6.07, 6.45) is -0.689. The molecular formula is C36H38ClFN8O7. The van der Waals surface area contributed by atoms with Gasteiger partial charge in [-0.3, -0.25) is 9.69 Å². The number of halogens is 2. The fourth-order valence-corrected chi connectivity index (χ4v) is 5.09. The van der Waals surface area contributed by atoms with Crippen molar-refractivity contribution in [3.8, 4) is 23.0 Å². The number of hydrogen-bond acceptors (Lipinski definition) is 13. The van der Waals surface area contributed by atoms with Crippen LogP contribution in [0.4, 0.5) is 26.4 Å². The highest BCUT2D eigenvalue weighted by atomic mass is 35.5. The molecule has 0 saturated carbocycles. The van der Waals surface area contributed by atoms with Gasteiger partial charge in [-0.2, -0.15) is 0 Å². The van der Waals surface area contributed by atoms with E-state index in [0.29, 0.717) is 16.9 Å². The number of hydrogen-bond donors (Lipinski definition) is 2. The molecule has 2 aromatic carbocycles. The van der Waals surface area contributed by atoms with Crippen molar-refractivity contribution in [1.29, 1.82) is 0 Å². The average Bonchev–Trinajstić information content (AvgIpc) is 3.56. The van der Waals surface area contributed by atoms with Gasteiger partial charge >= 0.3 is 6.09 Å². The van der Waals surface area contributed by atoms with Crippen LogP contribution in [-0.2, 0) is 29.2 Å². The van der Waals surface area contributed by atoms with Gasteiger partial charge in [-0.1, -0.05) is 23.7 Å². The Morgan fingerprint density at radius 2 is 1.74 bits per heavy atom. The maximum absolute atomic E-state index is 15.2. The summed E-state index contributed by atoms with van der Waals surface area (Å²) in [5.41, 5.74) is 0.464. The van der Waals surface area contributed by atoms with E-state index in [1.807, 2.05) is 5.32 Å². The summed E-state index contributed by atoms with van der Waals surface area (Å²) in [6, 6.07) is 14.2. The Morgan fingerprint density at radius 1 is 0.962 bits per heavy atom. The molecule has 3 aromatic heterocycles. The Kier molecular flexibility index (Phi) is 10.7. The predicted octanol–water partition coefficient (Wildman–Crippen LogP) is 6.80. The van der Waals surface area contributed by atoms with E-state index in [9.17, 15) is 9.59 Å². The number of amides is 2. The first kappa shape index (κ1) is 34.2. The molecule has 3 heterocycles. The van der Waals surface area contributed by atoms with Crippen molar-refractivity contribution >= 4 is 40.8 Å². The van der Waals surface area contributed by atoms with Crippen molar-refractivity contribution in [2.75, 3.05) is 31.4 Å². The highest BCUT2D eigenvalue weighted by Crippen LogP contribution is 2.39. The quantitative estimate of drug-likeness (QED) is 0.129. The molecule has 0 atom stereocenters. The molecule has 0 spiro atoms. The van der Waals surface area contributed by atoms with E-state index in [1.54, 1.807) is 71.2 Å². The number of rotatable bonds is 13. The summed E-state index contributed by atoms with van der Waals surface area (Å²) in [5.74, 6) is -0.427. The number of anilines is 3. The molecule has 5 rings (SSSR count). The molecule has 2 amide bonds. The minimum absolute atomic E-state index is 0.0111. The van der Waals surface area contributed by atoms with Crippen LogP contribution in [0.2, 0.25) is 5.15 Å². The smallest absolute Gasteiger partial charge is 0.416 e. The number of nitrogens with one attached hydrogen (secondary N) is 2. The lowest BCUT2D eigenvalue weighted by atomic mass is 10.1. The van der Waals surface area contributed by atoms with Crippen molar-refractivity contribution in [2.45, 2.75) is 53.1 Å². The molecule has 0 unspecified atom stereocenters. The van der Waals surface area contributed by atoms with Crippen molar-refractivity contribution < 1.29 is 41.5 Å². The van der Waals surface area contributed by atoms with Crippen LogP contribution in [0.25, 0.3) is 11.5 Å². The van der Waals surface area contributed by atoms with Crippen LogP contribution in [-0.4, -0.2) is 64.2 Å². The average molecular weight is 752 g/mol. The van der Waals surface area contributed by atoms with Gasteiger partial charge in [0.15, 0.2) is 16.6 Å². The maximum atomic E-state index is 15.2. The normalized spacial score (nSPS) is 12.3. The number of methoxy groups -OCH3 is 2. The number of benzene rings is 2. The molecule has 0 aliphatic heterocycles. The van der Waals surface area contributed by atoms with Gasteiger partial charge in [0.2, 0.25) is 5.89 Å². The molecule has 0 radical (unpaired) electrons. The summed E-state index contributed by atoms with van der Waals surface area (Å²) >= 11 is 6.11. The fraction of sp³-hybridized carbons (Fsp3) is 0.306. The standard InChI is InChI=1S/C36H38ClFN8O7/c1-20-42-45-34(52-20)24-14-22(15-27(32(24)50-7)40-26-16-29(37)43-44-31(26)33(47)39-5)18-51-19-28-25(38)12-13-30(41-28)46(35(48)53-36(2,3)4)17-21-8-10-23(49-6)11-9-21/h8-16H,17-19H2,1-7H3,(H,39,47)(H,40,43)/i5D3. The summed E-state index contributed by atoms with van der Waals surface area (Å²) < 4.78 is 65.8. The molecule has 2 N–H and O–H groups in total. The summed E-state index contributed by atoms with van der Waals surface area (Å²) in [4.78, 5) is 32.0. The molecule has 5 aromatic rings. The molecule has 0 aliphatic carbocycles. The second kappa shape index (κ2) is 16.6. The lowest BCUT2D eigenvalue weighted by molar-refractivity contribution is 0.0575. The highest BCUT2D eigenvalue weighted by molar-refractivity contribution is 6.29. The molecule has 17 heteroatoms. The largest absolute Gasteiger partial charge is 0.497 e. The first-order chi connectivity index (χ1) is 26.4. The van der Waals surface area contributed by atoms with Gasteiger partial charge in [0, 0.05) is 24.1 Å². The third-order valence-electron chi connectivity index (χ3n) is 7.27. The fourth-order valence-electron chi connectivity index (χ4n) is 4.94. The number of aryl methyl sites for hydroxylation is 1. The monoisotopic (exact) mass is 751 g/mol. The first-order valence-electron chi connectivity index (χ1n) is 17.4. The van der Waals surface area contributed by atoms with E-state index in [1.165, 1.54) is 30.2 Å². The van der Waals surface area contributed by atoms with Crippen molar-refractivity contribution in [3.05, 3.63) is 94.0 Å². The molecule has 53 heavy (non-hydrogen) atoms. The molecule has 15 nitrogen and oxygen atoms in total. The molecule has 0 bridgehead atoms. The Morgan fingerprint density at radius 3 is 2.40 bits per heavy atom. The zero-order valence-corrected chi connectivity index (χ0v) is 30.4. The predicted molar refractivity (Wildman–Crippen MR) is 193 cm³/mol. The lowest BCUT2D eigenvalue weighted by Crippen LogP contribution is -2.37. The van der Waals surface area contributed by atoms with Gasteiger partial charge in [0.25, 0.3) is 11.8 Å². The van der Waals surface area contributed by atoms with Gasteiger partial charge in [-0.15, -0.1) is 20.4 Å².